The van der Waals surface area contributed by atoms with Gasteiger partial charge >= 0.3 is 0 Å². The van der Waals surface area contributed by atoms with Crippen LogP contribution in [0.25, 0.3) is 16.8 Å². The van der Waals surface area contributed by atoms with Gasteiger partial charge in [-0.1, -0.05) is 12.6 Å². The Kier molecular flexibility index (Phi) is 6.53. The number of anilines is 1. The molecule has 1 aliphatic rings. The molecular weight excluding hydrogens is 473 g/mol. The van der Waals surface area contributed by atoms with Crippen molar-refractivity contribution in [3.8, 4) is 17.0 Å². The van der Waals surface area contributed by atoms with E-state index in [-0.39, 0.29) is 23.2 Å². The summed E-state index contributed by atoms with van der Waals surface area (Å²) in [5.41, 5.74) is 5.78. The van der Waals surface area contributed by atoms with E-state index < -0.39 is 11.7 Å². The van der Waals surface area contributed by atoms with Crippen molar-refractivity contribution in [2.75, 3.05) is 25.5 Å². The number of carbonyl (C=O) groups excluding carboxylic acids is 2. The fourth-order valence-corrected chi connectivity index (χ4v) is 4.67. The maximum Gasteiger partial charge on any atom is 0.259 e. The van der Waals surface area contributed by atoms with Gasteiger partial charge in [0.15, 0.2) is 0 Å². The minimum absolute atomic E-state index is 0.104. The lowest BCUT2D eigenvalue weighted by molar-refractivity contribution is -0.125. The summed E-state index contributed by atoms with van der Waals surface area (Å²) in [4.78, 5) is 35.1. The third-order valence-corrected chi connectivity index (χ3v) is 6.49. The van der Waals surface area contributed by atoms with Crippen molar-refractivity contribution in [3.05, 3.63) is 96.5 Å². The van der Waals surface area contributed by atoms with E-state index >= 15 is 4.39 Å². The summed E-state index contributed by atoms with van der Waals surface area (Å²) in [6.07, 6.45) is 7.04. The normalized spacial score (nSPS) is 14.9. The molecule has 186 valence electrons. The molecule has 1 unspecified atom stereocenters. The lowest BCUT2D eigenvalue weighted by Gasteiger charge is -2.13. The summed E-state index contributed by atoms with van der Waals surface area (Å²) in [5, 5.41) is 2.60. The quantitative estimate of drug-likeness (QED) is 0.314. The van der Waals surface area contributed by atoms with Crippen molar-refractivity contribution in [1.29, 1.82) is 0 Å². The molecule has 1 fully saturated rings. The Morgan fingerprint density at radius 3 is 2.86 bits per heavy atom. The van der Waals surface area contributed by atoms with Gasteiger partial charge in [0.25, 0.3) is 11.8 Å². The van der Waals surface area contributed by atoms with E-state index in [1.807, 2.05) is 16.5 Å². The SMILES string of the molecule is C=C=CC(=O)N1CCC(c2cc(-c3ccc(C(=O)Nc4cc(OC)ccn4)c(F)c3)n3cnccc23)C1. The van der Waals surface area contributed by atoms with Crippen LogP contribution in [0.5, 0.6) is 5.75 Å². The van der Waals surface area contributed by atoms with Crippen LogP contribution in [0.1, 0.15) is 28.3 Å². The van der Waals surface area contributed by atoms with E-state index in [9.17, 15) is 9.59 Å². The number of hydrogen-bond donors (Lipinski definition) is 1. The predicted molar refractivity (Wildman–Crippen MR) is 137 cm³/mol. The number of methoxy groups -OCH3 is 1. The van der Waals surface area contributed by atoms with Gasteiger partial charge in [-0.05, 0) is 42.3 Å². The van der Waals surface area contributed by atoms with E-state index in [0.717, 1.165) is 23.2 Å². The van der Waals surface area contributed by atoms with Gasteiger partial charge in [-0.3, -0.25) is 9.59 Å². The van der Waals surface area contributed by atoms with Crippen LogP contribution >= 0.6 is 0 Å². The lowest BCUT2D eigenvalue weighted by atomic mass is 9.98. The lowest BCUT2D eigenvalue weighted by Crippen LogP contribution is -2.26. The number of likely N-dealkylation sites (tertiary alicyclic amines) is 1. The highest BCUT2D eigenvalue weighted by Crippen LogP contribution is 2.35. The molecule has 9 heteroatoms. The zero-order valence-corrected chi connectivity index (χ0v) is 20.1. The van der Waals surface area contributed by atoms with Gasteiger partial charge in [0.1, 0.15) is 17.4 Å². The van der Waals surface area contributed by atoms with E-state index in [4.69, 9.17) is 4.74 Å². The first-order chi connectivity index (χ1) is 18.0. The van der Waals surface area contributed by atoms with Crippen molar-refractivity contribution in [1.82, 2.24) is 19.3 Å². The highest BCUT2D eigenvalue weighted by Gasteiger charge is 2.29. The summed E-state index contributed by atoms with van der Waals surface area (Å²) in [6.45, 7) is 4.69. The molecular formula is C28H24FN5O3. The molecule has 1 aliphatic heterocycles. The highest BCUT2D eigenvalue weighted by atomic mass is 19.1. The summed E-state index contributed by atoms with van der Waals surface area (Å²) in [6, 6.07) is 11.6. The Hall–Kier alpha value is -4.75. The Balaban J connectivity index is 1.43. The molecule has 1 saturated heterocycles. The average Bonchev–Trinajstić information content (AvgIpc) is 3.54. The van der Waals surface area contributed by atoms with Crippen molar-refractivity contribution in [3.63, 3.8) is 0 Å². The fourth-order valence-electron chi connectivity index (χ4n) is 4.67. The van der Waals surface area contributed by atoms with Gasteiger partial charge in [-0.2, -0.15) is 0 Å². The molecule has 8 nitrogen and oxygen atoms in total. The van der Waals surface area contributed by atoms with Gasteiger partial charge < -0.3 is 19.4 Å². The minimum atomic E-state index is -0.660. The molecule has 2 amide bonds. The van der Waals surface area contributed by atoms with Crippen LogP contribution in [-0.2, 0) is 4.79 Å². The van der Waals surface area contributed by atoms with Crippen molar-refractivity contribution < 1.29 is 18.7 Å². The number of nitrogens with zero attached hydrogens (tertiary/aromatic N) is 4. The van der Waals surface area contributed by atoms with Crippen molar-refractivity contribution in [2.24, 2.45) is 0 Å². The third kappa shape index (κ3) is 4.72. The first-order valence-corrected chi connectivity index (χ1v) is 11.7. The van der Waals surface area contributed by atoms with E-state index in [2.05, 4.69) is 27.6 Å². The minimum Gasteiger partial charge on any atom is -0.497 e. The second-order valence-electron chi connectivity index (χ2n) is 8.67. The Bertz CT molecular complexity index is 1560. The van der Waals surface area contributed by atoms with Crippen LogP contribution in [0, 0.1) is 5.82 Å². The second-order valence-corrected chi connectivity index (χ2v) is 8.67. The predicted octanol–water partition coefficient (Wildman–Crippen LogP) is 4.45. The van der Waals surface area contributed by atoms with Gasteiger partial charge in [0, 0.05) is 49.1 Å². The number of fused-ring (bicyclic) bond motifs is 1. The molecule has 5 rings (SSSR count). The summed E-state index contributed by atoms with van der Waals surface area (Å²) in [7, 11) is 1.51. The Morgan fingerprint density at radius 1 is 1.22 bits per heavy atom. The third-order valence-electron chi connectivity index (χ3n) is 6.49. The first kappa shape index (κ1) is 24.0. The molecule has 1 atom stereocenters. The molecule has 0 spiro atoms. The summed E-state index contributed by atoms with van der Waals surface area (Å²) in [5.74, 6) is -0.475. The zero-order valence-electron chi connectivity index (χ0n) is 20.1. The van der Waals surface area contributed by atoms with Gasteiger partial charge in [-0.25, -0.2) is 14.4 Å². The average molecular weight is 498 g/mol. The topological polar surface area (TPSA) is 88.8 Å². The number of nitrogens with one attached hydrogen (secondary N) is 1. The number of hydrogen-bond acceptors (Lipinski definition) is 5. The van der Waals surface area contributed by atoms with Gasteiger partial charge in [0.2, 0.25) is 0 Å². The molecule has 0 saturated carbocycles. The monoisotopic (exact) mass is 497 g/mol. The molecule has 0 bridgehead atoms. The zero-order chi connectivity index (χ0) is 25.9. The van der Waals surface area contributed by atoms with Crippen LogP contribution < -0.4 is 10.1 Å². The molecule has 37 heavy (non-hydrogen) atoms. The van der Waals surface area contributed by atoms with Crippen LogP contribution in [0.4, 0.5) is 10.2 Å². The Labute approximate surface area is 212 Å². The van der Waals surface area contributed by atoms with E-state index in [1.54, 1.807) is 35.6 Å². The number of benzene rings is 1. The van der Waals surface area contributed by atoms with Gasteiger partial charge in [0.05, 0.1) is 30.2 Å². The number of carbonyl (C=O) groups is 2. The van der Waals surface area contributed by atoms with Crippen molar-refractivity contribution >= 4 is 23.1 Å². The number of rotatable bonds is 6. The number of ether oxygens (including phenoxy) is 1. The highest BCUT2D eigenvalue weighted by molar-refractivity contribution is 6.04. The molecule has 4 heterocycles. The number of aromatic nitrogens is 3. The molecule has 0 aliphatic carbocycles. The fraction of sp³-hybridized carbons (Fsp3) is 0.179. The maximum atomic E-state index is 15.2. The second kappa shape index (κ2) is 10.1. The van der Waals surface area contributed by atoms with Crippen molar-refractivity contribution in [2.45, 2.75) is 12.3 Å². The summed E-state index contributed by atoms with van der Waals surface area (Å²) < 4.78 is 22.2. The first-order valence-electron chi connectivity index (χ1n) is 11.7. The molecule has 1 aromatic carbocycles. The molecule has 4 aromatic rings. The Morgan fingerprint density at radius 2 is 2.08 bits per heavy atom. The standard InChI is InChI=1S/C28H24FN5O3/c1-3-4-27(35)33-12-9-19(16-33)22-15-25(34-17-30-10-8-24(22)34)18-5-6-21(23(29)13-18)28(36)32-26-14-20(37-2)7-11-31-26/h4-8,10-11,13-15,17,19H,1,9,12,16H2,2H3,(H,31,32,36). The maximum absolute atomic E-state index is 15.2. The van der Waals surface area contributed by atoms with Crippen LogP contribution in [0.15, 0.2) is 79.6 Å². The largest absolute Gasteiger partial charge is 0.497 e. The summed E-state index contributed by atoms with van der Waals surface area (Å²) >= 11 is 0. The smallest absolute Gasteiger partial charge is 0.259 e. The molecule has 3 aromatic heterocycles. The number of halogens is 1. The molecule has 0 radical (unpaired) electrons. The number of pyridine rings is 1. The van der Waals surface area contributed by atoms with Crippen LogP contribution in [-0.4, -0.2) is 51.3 Å². The molecule has 1 N–H and O–H groups in total. The van der Waals surface area contributed by atoms with E-state index in [0.29, 0.717) is 24.4 Å². The van der Waals surface area contributed by atoms with E-state index in [1.165, 1.54) is 31.5 Å². The van der Waals surface area contributed by atoms with Crippen LogP contribution in [0.3, 0.4) is 0 Å². The van der Waals surface area contributed by atoms with Gasteiger partial charge in [-0.15, -0.1) is 5.73 Å². The van der Waals surface area contributed by atoms with Crippen LogP contribution in [0.2, 0.25) is 0 Å². The number of amides is 2.